The number of carboxylic acids is 1. The van der Waals surface area contributed by atoms with Gasteiger partial charge in [-0.1, -0.05) is 29.8 Å². The molecule has 9 N–H and O–H groups in total. The van der Waals surface area contributed by atoms with Crippen molar-refractivity contribution in [3.8, 4) is 5.75 Å². The van der Waals surface area contributed by atoms with Gasteiger partial charge in [-0.3, -0.25) is 4.79 Å². The highest BCUT2D eigenvalue weighted by atomic mass is 35.5. The predicted octanol–water partition coefficient (Wildman–Crippen LogP) is 0.923. The zero-order valence-corrected chi connectivity index (χ0v) is 16.6. The molecule has 0 saturated heterocycles. The molecule has 0 fully saturated rings. The minimum absolute atomic E-state index is 0. The maximum absolute atomic E-state index is 11.3. The number of methoxy groups -OCH3 is 1. The Balaban J connectivity index is 0.000000527. The predicted molar refractivity (Wildman–Crippen MR) is 113 cm³/mol. The quantitative estimate of drug-likeness (QED) is 0.256. The molecule has 0 bridgehead atoms. The second kappa shape index (κ2) is 12.0. The van der Waals surface area contributed by atoms with Crippen molar-refractivity contribution in [2.75, 3.05) is 18.6 Å². The van der Waals surface area contributed by atoms with Crippen LogP contribution in [0.2, 0.25) is 5.15 Å². The van der Waals surface area contributed by atoms with Gasteiger partial charge < -0.3 is 32.8 Å². The Labute approximate surface area is 176 Å². The molecule has 2 aromatic rings. The minimum Gasteiger partial charge on any atom is -0.496 e. The highest BCUT2D eigenvalue weighted by Crippen LogP contribution is 2.18. The van der Waals surface area contributed by atoms with Crippen molar-refractivity contribution in [3.05, 3.63) is 46.8 Å². The Morgan fingerprint density at radius 3 is 2.34 bits per heavy atom. The Morgan fingerprint density at radius 2 is 1.79 bits per heavy atom. The highest BCUT2D eigenvalue weighted by Gasteiger charge is 2.15. The fourth-order valence-corrected chi connectivity index (χ4v) is 1.86. The standard InChI is InChI=1S/C10H10O3.C6H8ClN7O.ClH/c1-13-9-5-3-2-4-8(9)6-7-10(11)12;7-2-4(9)13-3(8)1(12-2)5(15)14-6(10)11;/h2-7H,1H3,(H,11,12);(H4,8,9,13)(H4,10,11,14,15);1H. The van der Waals surface area contributed by atoms with Crippen molar-refractivity contribution in [3.63, 3.8) is 0 Å². The van der Waals surface area contributed by atoms with Crippen molar-refractivity contribution in [1.29, 1.82) is 0 Å². The van der Waals surface area contributed by atoms with Crippen LogP contribution in [0.25, 0.3) is 6.08 Å². The molecule has 0 aliphatic heterocycles. The summed E-state index contributed by atoms with van der Waals surface area (Å²) >= 11 is 5.55. The number of carboxylic acid groups (broad SMARTS) is 1. The molecule has 29 heavy (non-hydrogen) atoms. The molecule has 0 aliphatic carbocycles. The van der Waals surface area contributed by atoms with Gasteiger partial charge in [0.1, 0.15) is 5.75 Å². The molecule has 13 heteroatoms. The molecule has 0 spiro atoms. The van der Waals surface area contributed by atoms with E-state index in [0.29, 0.717) is 5.75 Å². The van der Waals surface area contributed by atoms with E-state index in [-0.39, 0.29) is 34.9 Å². The number of anilines is 2. The van der Waals surface area contributed by atoms with Crippen LogP contribution in [0, 0.1) is 0 Å². The Hall–Kier alpha value is -3.57. The van der Waals surface area contributed by atoms with Gasteiger partial charge >= 0.3 is 11.9 Å². The van der Waals surface area contributed by atoms with Gasteiger partial charge in [0.2, 0.25) is 0 Å². The topological polar surface area (TPSA) is 206 Å². The van der Waals surface area contributed by atoms with E-state index in [2.05, 4.69) is 15.0 Å². The van der Waals surface area contributed by atoms with E-state index >= 15 is 0 Å². The third-order valence-electron chi connectivity index (χ3n) is 2.88. The first-order valence-corrected chi connectivity index (χ1v) is 7.80. The van der Waals surface area contributed by atoms with E-state index in [0.717, 1.165) is 11.6 Å². The Bertz CT molecular complexity index is 931. The molecule has 2 rings (SSSR count). The Kier molecular flexibility index (Phi) is 10.5. The number of para-hydroxylation sites is 1. The van der Waals surface area contributed by atoms with Crippen LogP contribution < -0.4 is 27.7 Å². The number of aliphatic carboxylic acids is 1. The fraction of sp³-hybridized carbons (Fsp3) is 0.0625. The average Bonchev–Trinajstić information content (AvgIpc) is 2.63. The number of rotatable bonds is 4. The van der Waals surface area contributed by atoms with Gasteiger partial charge in [-0.25, -0.2) is 14.8 Å². The number of carbonyl (C=O) groups is 2. The summed E-state index contributed by atoms with van der Waals surface area (Å²) in [6.45, 7) is 0. The number of hydrogen-bond donors (Lipinski definition) is 5. The third-order valence-corrected chi connectivity index (χ3v) is 3.16. The molecular weight excluding hydrogens is 425 g/mol. The second-order valence-electron chi connectivity index (χ2n) is 4.89. The summed E-state index contributed by atoms with van der Waals surface area (Å²) < 4.78 is 5.03. The maximum atomic E-state index is 11.3. The smallest absolute Gasteiger partial charge is 0.328 e. The van der Waals surface area contributed by atoms with Crippen LogP contribution in [-0.4, -0.2) is 40.0 Å². The fourth-order valence-electron chi connectivity index (χ4n) is 1.73. The van der Waals surface area contributed by atoms with Gasteiger partial charge in [-0.15, -0.1) is 12.4 Å². The van der Waals surface area contributed by atoms with Crippen LogP contribution in [0.3, 0.4) is 0 Å². The molecule has 0 atom stereocenters. The number of amides is 1. The van der Waals surface area contributed by atoms with Gasteiger partial charge in [-0.05, 0) is 12.1 Å². The number of aliphatic imine (C=N–C) groups is 1. The third kappa shape index (κ3) is 8.32. The van der Waals surface area contributed by atoms with E-state index in [9.17, 15) is 9.59 Å². The lowest BCUT2D eigenvalue weighted by Crippen LogP contribution is -2.24. The maximum Gasteiger partial charge on any atom is 0.328 e. The number of carbonyl (C=O) groups excluding carboxylic acids is 1. The minimum atomic E-state index is -0.967. The van der Waals surface area contributed by atoms with Crippen LogP contribution in [-0.2, 0) is 4.79 Å². The van der Waals surface area contributed by atoms with Crippen molar-refractivity contribution >= 4 is 59.6 Å². The van der Waals surface area contributed by atoms with Gasteiger partial charge in [0, 0.05) is 11.6 Å². The van der Waals surface area contributed by atoms with Crippen molar-refractivity contribution in [2.45, 2.75) is 0 Å². The molecule has 0 saturated carbocycles. The molecule has 0 radical (unpaired) electrons. The number of halogens is 2. The number of ether oxygens (including phenoxy) is 1. The molecule has 1 aromatic heterocycles. The van der Waals surface area contributed by atoms with Crippen molar-refractivity contribution in [1.82, 2.24) is 9.97 Å². The van der Waals surface area contributed by atoms with Crippen molar-refractivity contribution in [2.24, 2.45) is 16.5 Å². The number of guanidine groups is 1. The lowest BCUT2D eigenvalue weighted by atomic mass is 10.2. The summed E-state index contributed by atoms with van der Waals surface area (Å²) in [7, 11) is 1.55. The largest absolute Gasteiger partial charge is 0.496 e. The van der Waals surface area contributed by atoms with E-state index in [1.165, 1.54) is 6.08 Å². The van der Waals surface area contributed by atoms with E-state index < -0.39 is 17.8 Å². The summed E-state index contributed by atoms with van der Waals surface area (Å²) in [5, 5.41) is 8.27. The van der Waals surface area contributed by atoms with Crippen LogP contribution >= 0.6 is 24.0 Å². The zero-order valence-electron chi connectivity index (χ0n) is 15.1. The lowest BCUT2D eigenvalue weighted by molar-refractivity contribution is -0.131. The van der Waals surface area contributed by atoms with Gasteiger partial charge in [0.25, 0.3) is 0 Å². The van der Waals surface area contributed by atoms with Gasteiger partial charge in [0.05, 0.1) is 7.11 Å². The summed E-state index contributed by atoms with van der Waals surface area (Å²) in [5.74, 6) is -1.80. The average molecular weight is 444 g/mol. The Morgan fingerprint density at radius 1 is 1.17 bits per heavy atom. The highest BCUT2D eigenvalue weighted by molar-refractivity contribution is 6.31. The number of benzene rings is 1. The lowest BCUT2D eigenvalue weighted by Gasteiger charge is -2.02. The van der Waals surface area contributed by atoms with Gasteiger partial charge in [-0.2, -0.15) is 4.99 Å². The van der Waals surface area contributed by atoms with E-state index in [4.69, 9.17) is 44.4 Å². The van der Waals surface area contributed by atoms with Crippen LogP contribution in [0.1, 0.15) is 16.1 Å². The summed E-state index contributed by atoms with van der Waals surface area (Å²) in [6.07, 6.45) is 2.58. The molecule has 11 nitrogen and oxygen atoms in total. The molecule has 0 unspecified atom stereocenters. The molecule has 1 amide bonds. The van der Waals surface area contributed by atoms with Crippen LogP contribution in [0.15, 0.2) is 35.3 Å². The molecule has 156 valence electrons. The number of nitrogens with two attached hydrogens (primary N) is 4. The second-order valence-corrected chi connectivity index (χ2v) is 5.25. The first-order valence-electron chi connectivity index (χ1n) is 7.42. The zero-order chi connectivity index (χ0) is 21.3. The SMILES string of the molecule is COc1ccccc1C=CC(=O)O.Cl.NC(N)=NC(=O)c1nc(Cl)c(N)nc1N. The molecular formula is C16H19Cl2N7O4. The monoisotopic (exact) mass is 443 g/mol. The summed E-state index contributed by atoms with van der Waals surface area (Å²) in [4.78, 5) is 32.0. The number of aromatic nitrogens is 2. The summed E-state index contributed by atoms with van der Waals surface area (Å²) in [6, 6.07) is 7.22. The van der Waals surface area contributed by atoms with Crippen molar-refractivity contribution < 1.29 is 19.4 Å². The first-order chi connectivity index (χ1) is 13.1. The molecule has 1 aromatic carbocycles. The number of nitrogen functional groups attached to an aromatic ring is 2. The van der Waals surface area contributed by atoms with Gasteiger partial charge in [0.15, 0.2) is 28.4 Å². The first kappa shape index (κ1) is 25.4. The molecule has 1 heterocycles. The number of hydrogen-bond acceptors (Lipinski definition) is 7. The van der Waals surface area contributed by atoms with E-state index in [1.54, 1.807) is 19.2 Å². The van der Waals surface area contributed by atoms with Crippen LogP contribution in [0.5, 0.6) is 5.75 Å². The van der Waals surface area contributed by atoms with Crippen LogP contribution in [0.4, 0.5) is 11.6 Å². The number of nitrogens with zero attached hydrogens (tertiary/aromatic N) is 3. The summed E-state index contributed by atoms with van der Waals surface area (Å²) in [5.41, 5.74) is 21.2. The molecule has 0 aliphatic rings. The normalized spacial score (nSPS) is 9.59. The van der Waals surface area contributed by atoms with E-state index in [1.807, 2.05) is 12.1 Å².